The van der Waals surface area contributed by atoms with E-state index >= 15 is 0 Å². The molecule has 0 amide bonds. The molecule has 1 fully saturated rings. The number of nitrogens with zero attached hydrogens (tertiary/aromatic N) is 2. The predicted octanol–water partition coefficient (Wildman–Crippen LogP) is 2.78. The predicted molar refractivity (Wildman–Crippen MR) is 74.2 cm³/mol. The Balaban J connectivity index is 1.91. The van der Waals surface area contributed by atoms with Gasteiger partial charge in [0.1, 0.15) is 0 Å². The van der Waals surface area contributed by atoms with Gasteiger partial charge < -0.3 is 11.5 Å². The van der Waals surface area contributed by atoms with Gasteiger partial charge in [-0.3, -0.25) is 4.68 Å². The number of halogens is 1. The van der Waals surface area contributed by atoms with E-state index in [1.165, 1.54) is 12.8 Å². The number of aromatic nitrogens is 2. The summed E-state index contributed by atoms with van der Waals surface area (Å²) in [6.07, 6.45) is 6.50. The van der Waals surface area contributed by atoms with Gasteiger partial charge in [0.15, 0.2) is 0 Å². The molecule has 0 bridgehead atoms. The van der Waals surface area contributed by atoms with Crippen LogP contribution >= 0.6 is 11.6 Å². The molecule has 0 unspecified atom stereocenters. The fourth-order valence-electron chi connectivity index (χ4n) is 1.98. The lowest BCUT2D eigenvalue weighted by molar-refractivity contribution is 0.563. The molecule has 3 rings (SSSR count). The van der Waals surface area contributed by atoms with Crippen LogP contribution in [0.4, 0.5) is 11.4 Å². The topological polar surface area (TPSA) is 69.9 Å². The summed E-state index contributed by atoms with van der Waals surface area (Å²) in [4.78, 5) is 0. The van der Waals surface area contributed by atoms with Gasteiger partial charge in [0.25, 0.3) is 0 Å². The first-order valence-electron chi connectivity index (χ1n) is 6.01. The smallest absolute Gasteiger partial charge is 0.0737 e. The highest BCUT2D eigenvalue weighted by Crippen LogP contribution is 2.33. The van der Waals surface area contributed by atoms with Crippen molar-refractivity contribution >= 4 is 23.0 Å². The van der Waals surface area contributed by atoms with Crippen LogP contribution in [0.3, 0.4) is 0 Å². The SMILES string of the molecule is Nc1cc(-c2cnn(CC3CC3)c2)cc(Cl)c1N. The van der Waals surface area contributed by atoms with Crippen LogP contribution in [-0.2, 0) is 6.54 Å². The van der Waals surface area contributed by atoms with Crippen LogP contribution in [0.1, 0.15) is 12.8 Å². The molecule has 4 N–H and O–H groups in total. The van der Waals surface area contributed by atoms with Crippen LogP contribution in [0.15, 0.2) is 24.5 Å². The molecule has 1 aromatic carbocycles. The molecule has 0 atom stereocenters. The van der Waals surface area contributed by atoms with Gasteiger partial charge in [-0.25, -0.2) is 0 Å². The van der Waals surface area contributed by atoms with Crippen LogP contribution in [0.5, 0.6) is 0 Å². The van der Waals surface area contributed by atoms with E-state index in [-0.39, 0.29) is 0 Å². The zero-order valence-electron chi connectivity index (χ0n) is 9.94. The van der Waals surface area contributed by atoms with Gasteiger partial charge in [-0.1, -0.05) is 11.6 Å². The van der Waals surface area contributed by atoms with Crippen molar-refractivity contribution in [2.24, 2.45) is 5.92 Å². The molecule has 5 heteroatoms. The summed E-state index contributed by atoms with van der Waals surface area (Å²) in [5.41, 5.74) is 14.5. The Morgan fingerprint density at radius 2 is 2.06 bits per heavy atom. The zero-order chi connectivity index (χ0) is 12.7. The van der Waals surface area contributed by atoms with E-state index in [9.17, 15) is 0 Å². The summed E-state index contributed by atoms with van der Waals surface area (Å²) < 4.78 is 1.98. The van der Waals surface area contributed by atoms with Crippen molar-refractivity contribution in [1.29, 1.82) is 0 Å². The minimum atomic E-state index is 0.436. The van der Waals surface area contributed by atoms with Crippen LogP contribution in [0.25, 0.3) is 11.1 Å². The summed E-state index contributed by atoms with van der Waals surface area (Å²) in [5.74, 6) is 0.804. The van der Waals surface area contributed by atoms with E-state index in [4.69, 9.17) is 23.1 Å². The molecule has 0 radical (unpaired) electrons. The Hall–Kier alpha value is -1.68. The lowest BCUT2D eigenvalue weighted by Gasteiger charge is -2.05. The Labute approximate surface area is 111 Å². The second-order valence-electron chi connectivity index (χ2n) is 4.86. The first-order valence-corrected chi connectivity index (χ1v) is 6.38. The summed E-state index contributed by atoms with van der Waals surface area (Å²) in [7, 11) is 0. The van der Waals surface area contributed by atoms with Crippen LogP contribution in [-0.4, -0.2) is 9.78 Å². The molecule has 0 spiro atoms. The summed E-state index contributed by atoms with van der Waals surface area (Å²) in [5, 5.41) is 4.84. The number of hydrogen-bond acceptors (Lipinski definition) is 3. The number of anilines is 2. The van der Waals surface area contributed by atoms with Crippen molar-refractivity contribution in [3.8, 4) is 11.1 Å². The normalized spacial score (nSPS) is 14.9. The molecule has 2 aromatic rings. The molecular formula is C13H15ClN4. The highest BCUT2D eigenvalue weighted by Gasteiger charge is 2.22. The Morgan fingerprint density at radius 3 is 2.72 bits per heavy atom. The third-order valence-corrected chi connectivity index (χ3v) is 3.58. The Morgan fingerprint density at radius 1 is 1.28 bits per heavy atom. The van der Waals surface area contributed by atoms with Crippen molar-refractivity contribution in [1.82, 2.24) is 9.78 Å². The molecule has 1 aromatic heterocycles. The van der Waals surface area contributed by atoms with Crippen molar-refractivity contribution in [3.63, 3.8) is 0 Å². The highest BCUT2D eigenvalue weighted by molar-refractivity contribution is 6.34. The van der Waals surface area contributed by atoms with Crippen molar-refractivity contribution in [3.05, 3.63) is 29.5 Å². The van der Waals surface area contributed by atoms with E-state index in [1.807, 2.05) is 29.2 Å². The number of nitrogen functional groups attached to an aromatic ring is 2. The maximum absolute atomic E-state index is 6.04. The number of nitrogens with two attached hydrogens (primary N) is 2. The van der Waals surface area contributed by atoms with E-state index in [1.54, 1.807) is 0 Å². The van der Waals surface area contributed by atoms with Crippen molar-refractivity contribution < 1.29 is 0 Å². The summed E-state index contributed by atoms with van der Waals surface area (Å²) >= 11 is 6.04. The van der Waals surface area contributed by atoms with Crippen molar-refractivity contribution in [2.75, 3.05) is 11.5 Å². The van der Waals surface area contributed by atoms with Crippen LogP contribution in [0, 0.1) is 5.92 Å². The third-order valence-electron chi connectivity index (χ3n) is 3.27. The Kier molecular flexibility index (Phi) is 2.67. The summed E-state index contributed by atoms with van der Waals surface area (Å²) in [6, 6.07) is 3.66. The molecule has 1 saturated carbocycles. The monoisotopic (exact) mass is 262 g/mol. The molecule has 1 heterocycles. The maximum atomic E-state index is 6.04. The lowest BCUT2D eigenvalue weighted by Crippen LogP contribution is -1.99. The molecule has 0 saturated heterocycles. The average Bonchev–Trinajstić information content (AvgIpc) is 3.01. The Bertz CT molecular complexity index is 563. The minimum Gasteiger partial charge on any atom is -0.397 e. The summed E-state index contributed by atoms with van der Waals surface area (Å²) in [6.45, 7) is 0.998. The number of hydrogen-bond donors (Lipinski definition) is 2. The van der Waals surface area contributed by atoms with E-state index in [0.29, 0.717) is 16.4 Å². The fraction of sp³-hybridized carbons (Fsp3) is 0.308. The van der Waals surface area contributed by atoms with Gasteiger partial charge in [0, 0.05) is 18.3 Å². The van der Waals surface area contributed by atoms with Gasteiger partial charge in [-0.15, -0.1) is 0 Å². The first-order chi connectivity index (χ1) is 8.63. The van der Waals surface area contributed by atoms with E-state index in [0.717, 1.165) is 23.6 Å². The zero-order valence-corrected chi connectivity index (χ0v) is 10.7. The average molecular weight is 263 g/mol. The molecule has 94 valence electrons. The molecular weight excluding hydrogens is 248 g/mol. The highest BCUT2D eigenvalue weighted by atomic mass is 35.5. The van der Waals surface area contributed by atoms with Gasteiger partial charge in [-0.05, 0) is 36.5 Å². The molecule has 1 aliphatic carbocycles. The molecule has 1 aliphatic rings. The number of benzene rings is 1. The molecule has 4 nitrogen and oxygen atoms in total. The first kappa shape index (κ1) is 11.4. The molecule has 0 aliphatic heterocycles. The maximum Gasteiger partial charge on any atom is 0.0737 e. The van der Waals surface area contributed by atoms with E-state index < -0.39 is 0 Å². The van der Waals surface area contributed by atoms with Crippen molar-refractivity contribution in [2.45, 2.75) is 19.4 Å². The fourth-order valence-corrected chi connectivity index (χ4v) is 2.21. The number of rotatable bonds is 3. The quantitative estimate of drug-likeness (QED) is 0.836. The van der Waals surface area contributed by atoms with Gasteiger partial charge in [0.2, 0.25) is 0 Å². The largest absolute Gasteiger partial charge is 0.397 e. The second kappa shape index (κ2) is 4.21. The second-order valence-corrected chi connectivity index (χ2v) is 5.26. The van der Waals surface area contributed by atoms with Gasteiger partial charge >= 0.3 is 0 Å². The van der Waals surface area contributed by atoms with Crippen LogP contribution < -0.4 is 11.5 Å². The minimum absolute atomic E-state index is 0.436. The lowest BCUT2D eigenvalue weighted by atomic mass is 10.1. The van der Waals surface area contributed by atoms with Gasteiger partial charge in [0.05, 0.1) is 22.6 Å². The third kappa shape index (κ3) is 2.16. The van der Waals surface area contributed by atoms with Crippen LogP contribution in [0.2, 0.25) is 5.02 Å². The van der Waals surface area contributed by atoms with E-state index in [2.05, 4.69) is 5.10 Å². The molecule has 18 heavy (non-hydrogen) atoms. The standard InChI is InChI=1S/C13H15ClN4/c14-11-3-9(4-12(15)13(11)16)10-5-17-18(7-10)6-8-1-2-8/h3-5,7-8H,1-2,6,15-16H2. The van der Waals surface area contributed by atoms with Gasteiger partial charge in [-0.2, -0.15) is 5.10 Å².